The van der Waals surface area contributed by atoms with E-state index in [1.807, 2.05) is 7.05 Å². The third-order valence-corrected chi connectivity index (χ3v) is 2.51. The van der Waals surface area contributed by atoms with Crippen LogP contribution in [0.3, 0.4) is 0 Å². The Bertz CT molecular complexity index is 80.9. The molecule has 0 aromatic heterocycles. The molecule has 11 heavy (non-hydrogen) atoms. The Morgan fingerprint density at radius 2 is 1.82 bits per heavy atom. The Morgan fingerprint density at radius 3 is 2.27 bits per heavy atom. The fourth-order valence-corrected chi connectivity index (χ4v) is 1.33. The van der Waals surface area contributed by atoms with Crippen LogP contribution in [0.5, 0.6) is 0 Å². The standard InChI is InChI=1S/C10H23N/c1-5-6-7-9(2)10(3)8-11-4/h9-11H,5-8H2,1-4H3. The number of hydrogen-bond acceptors (Lipinski definition) is 1. The van der Waals surface area contributed by atoms with Crippen molar-refractivity contribution in [1.29, 1.82) is 0 Å². The van der Waals surface area contributed by atoms with Gasteiger partial charge in [0.2, 0.25) is 0 Å². The van der Waals surface area contributed by atoms with Crippen LogP contribution in [0.15, 0.2) is 0 Å². The highest BCUT2D eigenvalue weighted by Crippen LogP contribution is 2.16. The molecule has 0 fully saturated rings. The average Bonchev–Trinajstić information content (AvgIpc) is 2.00. The van der Waals surface area contributed by atoms with Gasteiger partial charge in [-0.2, -0.15) is 0 Å². The van der Waals surface area contributed by atoms with Crippen molar-refractivity contribution in [3.63, 3.8) is 0 Å². The van der Waals surface area contributed by atoms with Gasteiger partial charge in [-0.15, -0.1) is 0 Å². The first-order valence-corrected chi connectivity index (χ1v) is 4.87. The zero-order valence-electron chi connectivity index (χ0n) is 8.48. The molecular formula is C10H23N. The fourth-order valence-electron chi connectivity index (χ4n) is 1.33. The maximum absolute atomic E-state index is 3.22. The van der Waals surface area contributed by atoms with E-state index in [9.17, 15) is 0 Å². The van der Waals surface area contributed by atoms with Crippen molar-refractivity contribution < 1.29 is 0 Å². The summed E-state index contributed by atoms with van der Waals surface area (Å²) in [6.07, 6.45) is 4.10. The molecule has 0 saturated carbocycles. The summed E-state index contributed by atoms with van der Waals surface area (Å²) in [4.78, 5) is 0. The van der Waals surface area contributed by atoms with E-state index in [2.05, 4.69) is 26.1 Å². The lowest BCUT2D eigenvalue weighted by atomic mass is 9.91. The molecule has 1 heteroatoms. The van der Waals surface area contributed by atoms with Gasteiger partial charge in [-0.05, 0) is 25.4 Å². The molecule has 68 valence electrons. The van der Waals surface area contributed by atoms with E-state index in [0.29, 0.717) is 0 Å². The molecule has 0 bridgehead atoms. The summed E-state index contributed by atoms with van der Waals surface area (Å²) in [6.45, 7) is 8.11. The van der Waals surface area contributed by atoms with E-state index in [1.54, 1.807) is 0 Å². The first kappa shape index (κ1) is 11.0. The minimum Gasteiger partial charge on any atom is -0.319 e. The van der Waals surface area contributed by atoms with Crippen LogP contribution in [0, 0.1) is 11.8 Å². The molecule has 0 aliphatic rings. The van der Waals surface area contributed by atoms with Gasteiger partial charge in [0.25, 0.3) is 0 Å². The van der Waals surface area contributed by atoms with Crippen molar-refractivity contribution in [2.45, 2.75) is 40.0 Å². The third kappa shape index (κ3) is 5.25. The van der Waals surface area contributed by atoms with Gasteiger partial charge in [-0.25, -0.2) is 0 Å². The van der Waals surface area contributed by atoms with Crippen molar-refractivity contribution in [3.8, 4) is 0 Å². The zero-order chi connectivity index (χ0) is 8.69. The fraction of sp³-hybridized carbons (Fsp3) is 1.00. The largest absolute Gasteiger partial charge is 0.319 e. The maximum Gasteiger partial charge on any atom is -0.00236 e. The molecule has 1 nitrogen and oxygen atoms in total. The second kappa shape index (κ2) is 6.66. The molecule has 0 amide bonds. The van der Waals surface area contributed by atoms with Gasteiger partial charge < -0.3 is 5.32 Å². The Kier molecular flexibility index (Phi) is 6.63. The van der Waals surface area contributed by atoms with E-state index < -0.39 is 0 Å². The van der Waals surface area contributed by atoms with E-state index >= 15 is 0 Å². The van der Waals surface area contributed by atoms with Crippen LogP contribution < -0.4 is 5.32 Å². The SMILES string of the molecule is CCCCC(C)C(C)CNC. The van der Waals surface area contributed by atoms with Crippen molar-refractivity contribution in [2.24, 2.45) is 11.8 Å². The minimum atomic E-state index is 0.826. The Labute approximate surface area is 71.6 Å². The van der Waals surface area contributed by atoms with Crippen LogP contribution >= 0.6 is 0 Å². The van der Waals surface area contributed by atoms with Crippen LogP contribution in [0.2, 0.25) is 0 Å². The predicted molar refractivity (Wildman–Crippen MR) is 51.8 cm³/mol. The molecule has 0 saturated heterocycles. The Balaban J connectivity index is 3.38. The van der Waals surface area contributed by atoms with Gasteiger partial charge in [0.05, 0.1) is 0 Å². The average molecular weight is 157 g/mol. The van der Waals surface area contributed by atoms with Crippen molar-refractivity contribution in [2.75, 3.05) is 13.6 Å². The predicted octanol–water partition coefficient (Wildman–Crippen LogP) is 2.67. The van der Waals surface area contributed by atoms with E-state index in [-0.39, 0.29) is 0 Å². The van der Waals surface area contributed by atoms with E-state index in [4.69, 9.17) is 0 Å². The molecule has 0 spiro atoms. The Morgan fingerprint density at radius 1 is 1.18 bits per heavy atom. The number of rotatable bonds is 6. The topological polar surface area (TPSA) is 12.0 Å². The van der Waals surface area contributed by atoms with Crippen LogP contribution in [0.25, 0.3) is 0 Å². The molecule has 0 aromatic carbocycles. The lowest BCUT2D eigenvalue weighted by molar-refractivity contribution is 0.347. The number of unbranched alkanes of at least 4 members (excludes halogenated alkanes) is 1. The Hall–Kier alpha value is -0.0400. The highest BCUT2D eigenvalue weighted by Gasteiger charge is 2.09. The van der Waals surface area contributed by atoms with Gasteiger partial charge in [-0.3, -0.25) is 0 Å². The third-order valence-electron chi connectivity index (χ3n) is 2.51. The lowest BCUT2D eigenvalue weighted by Crippen LogP contribution is -2.21. The molecule has 0 aliphatic carbocycles. The first-order chi connectivity index (χ1) is 5.22. The zero-order valence-corrected chi connectivity index (χ0v) is 8.48. The van der Waals surface area contributed by atoms with Gasteiger partial charge in [0.1, 0.15) is 0 Å². The van der Waals surface area contributed by atoms with Gasteiger partial charge in [-0.1, -0.05) is 40.0 Å². The molecule has 0 aliphatic heterocycles. The van der Waals surface area contributed by atoms with Crippen LogP contribution in [-0.4, -0.2) is 13.6 Å². The molecule has 2 atom stereocenters. The monoisotopic (exact) mass is 157 g/mol. The summed E-state index contributed by atoms with van der Waals surface area (Å²) in [5.74, 6) is 1.70. The quantitative estimate of drug-likeness (QED) is 0.625. The minimum absolute atomic E-state index is 0.826. The molecule has 2 unspecified atom stereocenters. The molecular weight excluding hydrogens is 134 g/mol. The summed E-state index contributed by atoms with van der Waals surface area (Å²) < 4.78 is 0. The second-order valence-corrected chi connectivity index (χ2v) is 3.65. The van der Waals surface area contributed by atoms with Crippen LogP contribution in [0.1, 0.15) is 40.0 Å². The summed E-state index contributed by atoms with van der Waals surface area (Å²) in [5.41, 5.74) is 0. The normalized spacial score (nSPS) is 16.4. The van der Waals surface area contributed by atoms with Crippen LogP contribution in [0.4, 0.5) is 0 Å². The first-order valence-electron chi connectivity index (χ1n) is 4.87. The van der Waals surface area contributed by atoms with E-state index in [1.165, 1.54) is 19.3 Å². The maximum atomic E-state index is 3.22. The summed E-state index contributed by atoms with van der Waals surface area (Å²) in [5, 5.41) is 3.22. The number of nitrogens with one attached hydrogen (secondary N) is 1. The highest BCUT2D eigenvalue weighted by atomic mass is 14.8. The summed E-state index contributed by atoms with van der Waals surface area (Å²) >= 11 is 0. The highest BCUT2D eigenvalue weighted by molar-refractivity contribution is 4.63. The summed E-state index contributed by atoms with van der Waals surface area (Å²) in [7, 11) is 2.03. The molecule has 0 rings (SSSR count). The lowest BCUT2D eigenvalue weighted by Gasteiger charge is -2.18. The summed E-state index contributed by atoms with van der Waals surface area (Å²) in [6, 6.07) is 0. The smallest absolute Gasteiger partial charge is 0.00236 e. The van der Waals surface area contributed by atoms with Gasteiger partial charge in [0, 0.05) is 0 Å². The molecule has 1 N–H and O–H groups in total. The number of hydrogen-bond donors (Lipinski definition) is 1. The van der Waals surface area contributed by atoms with Gasteiger partial charge >= 0.3 is 0 Å². The van der Waals surface area contributed by atoms with Gasteiger partial charge in [0.15, 0.2) is 0 Å². The van der Waals surface area contributed by atoms with Crippen molar-refractivity contribution in [1.82, 2.24) is 5.32 Å². The molecule has 0 heterocycles. The second-order valence-electron chi connectivity index (χ2n) is 3.65. The molecule has 0 aromatic rings. The van der Waals surface area contributed by atoms with Crippen LogP contribution in [-0.2, 0) is 0 Å². The van der Waals surface area contributed by atoms with Crippen molar-refractivity contribution >= 4 is 0 Å². The van der Waals surface area contributed by atoms with E-state index in [0.717, 1.165) is 18.4 Å². The molecule has 0 radical (unpaired) electrons. The van der Waals surface area contributed by atoms with Crippen molar-refractivity contribution in [3.05, 3.63) is 0 Å².